The average Bonchev–Trinajstić information content (AvgIpc) is 2.91. The number of rotatable bonds is 4. The molecule has 0 saturated heterocycles. The van der Waals surface area contributed by atoms with Gasteiger partial charge in [-0.3, -0.25) is 5.10 Å². The zero-order chi connectivity index (χ0) is 14.8. The summed E-state index contributed by atoms with van der Waals surface area (Å²) < 4.78 is 26.9. The molecular weight excluding hydrogens is 302 g/mol. The summed E-state index contributed by atoms with van der Waals surface area (Å²) in [7, 11) is -3.82. The molecule has 1 unspecified atom stereocenters. The van der Waals surface area contributed by atoms with E-state index in [9.17, 15) is 8.42 Å². The largest absolute Gasteiger partial charge is 0.262 e. The van der Waals surface area contributed by atoms with E-state index in [1.807, 2.05) is 6.07 Å². The number of aromatic nitrogens is 3. The van der Waals surface area contributed by atoms with Crippen LogP contribution in [0.5, 0.6) is 0 Å². The molecule has 1 heterocycles. The molecule has 2 aromatic rings. The van der Waals surface area contributed by atoms with E-state index in [0.29, 0.717) is 5.82 Å². The van der Waals surface area contributed by atoms with Crippen molar-refractivity contribution >= 4 is 21.6 Å². The lowest BCUT2D eigenvalue weighted by Crippen LogP contribution is -2.27. The van der Waals surface area contributed by atoms with Crippen molar-refractivity contribution in [2.24, 2.45) is 0 Å². The molecule has 2 rings (SSSR count). The van der Waals surface area contributed by atoms with Crippen molar-refractivity contribution in [3.8, 4) is 6.07 Å². The summed E-state index contributed by atoms with van der Waals surface area (Å²) in [6, 6.07) is 5.28. The first-order chi connectivity index (χ1) is 9.44. The van der Waals surface area contributed by atoms with Gasteiger partial charge >= 0.3 is 0 Å². The number of halogens is 1. The van der Waals surface area contributed by atoms with Gasteiger partial charge in [0.2, 0.25) is 10.0 Å². The number of aromatic amines is 1. The van der Waals surface area contributed by atoms with E-state index in [0.717, 1.165) is 0 Å². The molecule has 0 saturated carbocycles. The molecule has 1 aromatic carbocycles. The van der Waals surface area contributed by atoms with Gasteiger partial charge in [-0.2, -0.15) is 10.4 Å². The van der Waals surface area contributed by atoms with E-state index >= 15 is 0 Å². The maximum absolute atomic E-state index is 12.2. The highest BCUT2D eigenvalue weighted by atomic mass is 35.5. The van der Waals surface area contributed by atoms with Gasteiger partial charge in [-0.1, -0.05) is 11.6 Å². The zero-order valence-corrected chi connectivity index (χ0v) is 11.9. The number of H-pyrrole nitrogens is 1. The molecule has 0 fully saturated rings. The van der Waals surface area contributed by atoms with Crippen LogP contribution in [0.3, 0.4) is 0 Å². The topological polar surface area (TPSA) is 112 Å². The van der Waals surface area contributed by atoms with Crippen molar-refractivity contribution in [3.63, 3.8) is 0 Å². The minimum atomic E-state index is -3.82. The molecule has 0 aliphatic rings. The van der Waals surface area contributed by atoms with Crippen molar-refractivity contribution < 1.29 is 8.42 Å². The van der Waals surface area contributed by atoms with Gasteiger partial charge in [-0.05, 0) is 25.1 Å². The third-order valence-corrected chi connectivity index (χ3v) is 4.55. The predicted molar refractivity (Wildman–Crippen MR) is 71.3 cm³/mol. The van der Waals surface area contributed by atoms with Gasteiger partial charge < -0.3 is 0 Å². The Kier molecular flexibility index (Phi) is 4.04. The number of nitrogens with zero attached hydrogens (tertiary/aromatic N) is 3. The van der Waals surface area contributed by atoms with E-state index < -0.39 is 16.1 Å². The summed E-state index contributed by atoms with van der Waals surface area (Å²) in [5, 5.41) is 15.0. The van der Waals surface area contributed by atoms with Crippen molar-refractivity contribution in [2.45, 2.75) is 17.9 Å². The van der Waals surface area contributed by atoms with Crippen molar-refractivity contribution in [1.29, 1.82) is 5.26 Å². The molecule has 104 valence electrons. The van der Waals surface area contributed by atoms with Crippen LogP contribution in [0.2, 0.25) is 5.02 Å². The smallest absolute Gasteiger partial charge is 0.242 e. The first kappa shape index (κ1) is 14.5. The SMILES string of the molecule is CC(NS(=O)(=O)c1ccc(C#N)cc1Cl)c1ncn[nH]1. The molecule has 0 aliphatic carbocycles. The van der Waals surface area contributed by atoms with E-state index in [1.54, 1.807) is 6.92 Å². The van der Waals surface area contributed by atoms with Crippen molar-refractivity contribution in [1.82, 2.24) is 19.9 Å². The third kappa shape index (κ3) is 2.96. The molecule has 0 radical (unpaired) electrons. The number of nitrogens with one attached hydrogen (secondary N) is 2. The number of hydrogen-bond donors (Lipinski definition) is 2. The second-order valence-electron chi connectivity index (χ2n) is 3.97. The lowest BCUT2D eigenvalue weighted by atomic mass is 10.2. The Labute approximate surface area is 120 Å². The monoisotopic (exact) mass is 311 g/mol. The first-order valence-corrected chi connectivity index (χ1v) is 7.37. The van der Waals surface area contributed by atoms with E-state index in [2.05, 4.69) is 19.9 Å². The lowest BCUT2D eigenvalue weighted by molar-refractivity contribution is 0.560. The maximum atomic E-state index is 12.2. The van der Waals surface area contributed by atoms with Crippen LogP contribution in [-0.2, 0) is 10.0 Å². The summed E-state index contributed by atoms with van der Waals surface area (Å²) in [5.74, 6) is 0.387. The van der Waals surface area contributed by atoms with Gasteiger partial charge in [-0.15, -0.1) is 0 Å². The van der Waals surface area contributed by atoms with Crippen molar-refractivity contribution in [2.75, 3.05) is 0 Å². The van der Waals surface area contributed by atoms with Gasteiger partial charge in [0.1, 0.15) is 17.0 Å². The van der Waals surface area contributed by atoms with Crippen LogP contribution in [0, 0.1) is 11.3 Å². The Hall–Kier alpha value is -1.95. The molecule has 2 N–H and O–H groups in total. The van der Waals surface area contributed by atoms with E-state index in [1.165, 1.54) is 24.5 Å². The summed E-state index contributed by atoms with van der Waals surface area (Å²) in [4.78, 5) is 3.78. The zero-order valence-electron chi connectivity index (χ0n) is 10.3. The molecular formula is C11H10ClN5O2S. The second kappa shape index (κ2) is 5.58. The standard InChI is InChI=1S/C11H10ClN5O2S/c1-7(11-14-6-15-16-11)17-20(18,19)10-3-2-8(5-13)4-9(10)12/h2-4,6-7,17H,1H3,(H,14,15,16). The van der Waals surface area contributed by atoms with Crippen LogP contribution in [0.25, 0.3) is 0 Å². The highest BCUT2D eigenvalue weighted by Gasteiger charge is 2.22. The Morgan fingerprint density at radius 3 is 2.80 bits per heavy atom. The van der Waals surface area contributed by atoms with Crippen molar-refractivity contribution in [3.05, 3.63) is 40.9 Å². The maximum Gasteiger partial charge on any atom is 0.242 e. The minimum absolute atomic E-state index is 0.0127. The summed E-state index contributed by atoms with van der Waals surface area (Å²) in [5.41, 5.74) is 0.289. The Morgan fingerprint density at radius 2 is 2.25 bits per heavy atom. The summed E-state index contributed by atoms with van der Waals surface area (Å²) >= 11 is 5.89. The fourth-order valence-electron chi connectivity index (χ4n) is 1.56. The lowest BCUT2D eigenvalue weighted by Gasteiger charge is -2.12. The van der Waals surface area contributed by atoms with Gasteiger partial charge in [0.05, 0.1) is 22.7 Å². The average molecular weight is 312 g/mol. The second-order valence-corrected chi connectivity index (χ2v) is 6.06. The van der Waals surface area contributed by atoms with Gasteiger partial charge in [0.15, 0.2) is 0 Å². The van der Waals surface area contributed by atoms with Gasteiger partial charge in [0.25, 0.3) is 0 Å². The van der Waals surface area contributed by atoms with Crippen LogP contribution < -0.4 is 4.72 Å². The first-order valence-electron chi connectivity index (χ1n) is 5.51. The van der Waals surface area contributed by atoms with Crippen LogP contribution in [0.4, 0.5) is 0 Å². The van der Waals surface area contributed by atoms with Crippen LogP contribution in [0.1, 0.15) is 24.4 Å². The Morgan fingerprint density at radius 1 is 1.50 bits per heavy atom. The van der Waals surface area contributed by atoms with Crippen LogP contribution in [-0.4, -0.2) is 23.6 Å². The van der Waals surface area contributed by atoms with Gasteiger partial charge in [0, 0.05) is 0 Å². The Balaban J connectivity index is 2.29. The summed E-state index contributed by atoms with van der Waals surface area (Å²) in [6.45, 7) is 1.62. The molecule has 9 heteroatoms. The summed E-state index contributed by atoms with van der Waals surface area (Å²) in [6.07, 6.45) is 1.29. The molecule has 1 aromatic heterocycles. The number of hydrogen-bond acceptors (Lipinski definition) is 5. The molecule has 0 amide bonds. The minimum Gasteiger partial charge on any atom is -0.262 e. The van der Waals surface area contributed by atoms with E-state index in [4.69, 9.17) is 16.9 Å². The van der Waals surface area contributed by atoms with Gasteiger partial charge in [-0.25, -0.2) is 18.1 Å². The highest BCUT2D eigenvalue weighted by Crippen LogP contribution is 2.23. The van der Waals surface area contributed by atoms with E-state index in [-0.39, 0.29) is 15.5 Å². The highest BCUT2D eigenvalue weighted by molar-refractivity contribution is 7.89. The molecule has 0 spiro atoms. The fourth-order valence-corrected chi connectivity index (χ4v) is 3.32. The number of benzene rings is 1. The third-order valence-electron chi connectivity index (χ3n) is 2.53. The van der Waals surface area contributed by atoms with Crippen LogP contribution >= 0.6 is 11.6 Å². The molecule has 7 nitrogen and oxygen atoms in total. The molecule has 0 aliphatic heterocycles. The normalized spacial score (nSPS) is 12.8. The molecule has 0 bridgehead atoms. The predicted octanol–water partition coefficient (Wildman–Crippen LogP) is 1.37. The number of sulfonamides is 1. The number of nitriles is 1. The quantitative estimate of drug-likeness (QED) is 0.885. The molecule has 20 heavy (non-hydrogen) atoms. The molecule has 1 atom stereocenters. The Bertz CT molecular complexity index is 752. The fraction of sp³-hybridized carbons (Fsp3) is 0.182. The van der Waals surface area contributed by atoms with Crippen LogP contribution in [0.15, 0.2) is 29.4 Å².